The number of aromatic nitrogens is 2. The fraction of sp³-hybridized carbons (Fsp3) is 0.259. The van der Waals surface area contributed by atoms with Crippen molar-refractivity contribution in [3.8, 4) is 17.0 Å². The van der Waals surface area contributed by atoms with E-state index in [0.717, 1.165) is 25.4 Å². The molecule has 1 aliphatic rings. The molecule has 1 aliphatic heterocycles. The highest BCUT2D eigenvalue weighted by Crippen LogP contribution is 2.34. The van der Waals surface area contributed by atoms with Gasteiger partial charge in [0.05, 0.1) is 19.0 Å². The number of methoxy groups -OCH3 is 1. The van der Waals surface area contributed by atoms with Gasteiger partial charge in [-0.25, -0.2) is 23.5 Å². The first-order valence-electron chi connectivity index (χ1n) is 11.9. The van der Waals surface area contributed by atoms with Gasteiger partial charge in [0, 0.05) is 54.9 Å². The van der Waals surface area contributed by atoms with Gasteiger partial charge in [-0.15, -0.1) is 0 Å². The average molecular weight is 522 g/mol. The van der Waals surface area contributed by atoms with E-state index in [9.17, 15) is 18.4 Å². The summed E-state index contributed by atoms with van der Waals surface area (Å²) in [6.07, 6.45) is 0.999. The molecule has 0 amide bonds. The molecule has 0 radical (unpaired) electrons. The van der Waals surface area contributed by atoms with Gasteiger partial charge in [0.2, 0.25) is 5.95 Å². The summed E-state index contributed by atoms with van der Waals surface area (Å²) in [4.78, 5) is 37.7. The van der Waals surface area contributed by atoms with Gasteiger partial charge in [-0.3, -0.25) is 4.79 Å². The molecule has 2 aromatic heterocycles. The zero-order valence-electron chi connectivity index (χ0n) is 21.0. The summed E-state index contributed by atoms with van der Waals surface area (Å²) < 4.78 is 39.0. The summed E-state index contributed by atoms with van der Waals surface area (Å²) in [6.45, 7) is 4.26. The van der Waals surface area contributed by atoms with Crippen molar-refractivity contribution >= 4 is 34.1 Å². The second-order valence-corrected chi connectivity index (χ2v) is 9.03. The maximum atomic E-state index is 14.6. The smallest absolute Gasteiger partial charge is 0.349 e. The minimum atomic E-state index is -0.710. The molecule has 0 unspecified atom stereocenters. The number of carbonyl (C=O) groups excluding carboxylic acids is 1. The van der Waals surface area contributed by atoms with Gasteiger partial charge < -0.3 is 24.3 Å². The van der Waals surface area contributed by atoms with E-state index < -0.39 is 17.3 Å². The number of ketones is 1. The van der Waals surface area contributed by atoms with E-state index in [1.807, 2.05) is 11.9 Å². The molecular weight excluding hydrogens is 496 g/mol. The van der Waals surface area contributed by atoms with Crippen LogP contribution in [0, 0.1) is 11.6 Å². The number of rotatable bonds is 6. The number of hydrogen-bond donors (Lipinski definition) is 1. The Bertz CT molecular complexity index is 1600. The number of fused-ring (bicyclic) bond motifs is 1. The Labute approximate surface area is 216 Å². The topological polar surface area (TPSA) is 101 Å². The van der Waals surface area contributed by atoms with Crippen LogP contribution in [0.25, 0.3) is 22.2 Å². The summed E-state index contributed by atoms with van der Waals surface area (Å²) >= 11 is 0. The van der Waals surface area contributed by atoms with E-state index in [-0.39, 0.29) is 39.9 Å². The molecule has 0 bridgehead atoms. The Hall–Kier alpha value is -4.38. The van der Waals surface area contributed by atoms with Crippen LogP contribution in [0.5, 0.6) is 5.75 Å². The predicted molar refractivity (Wildman–Crippen MR) is 139 cm³/mol. The first-order valence-corrected chi connectivity index (χ1v) is 11.9. The molecule has 0 aliphatic carbocycles. The van der Waals surface area contributed by atoms with Crippen LogP contribution in [0.3, 0.4) is 0 Å². The number of benzene rings is 2. The van der Waals surface area contributed by atoms with Crippen molar-refractivity contribution in [2.75, 3.05) is 50.6 Å². The highest BCUT2D eigenvalue weighted by atomic mass is 19.1. The molecular formula is C27H25F2N5O4. The number of halogens is 2. The maximum Gasteiger partial charge on any atom is 0.349 e. The molecule has 0 spiro atoms. The van der Waals surface area contributed by atoms with E-state index in [4.69, 9.17) is 9.15 Å². The molecule has 0 saturated carbocycles. The molecule has 9 nitrogen and oxygen atoms in total. The van der Waals surface area contributed by atoms with Crippen molar-refractivity contribution in [3.63, 3.8) is 0 Å². The van der Waals surface area contributed by atoms with Crippen LogP contribution in [-0.2, 0) is 0 Å². The quantitative estimate of drug-likeness (QED) is 0.295. The second kappa shape index (κ2) is 10.2. The summed E-state index contributed by atoms with van der Waals surface area (Å²) in [5, 5.41) is 3.62. The Kier molecular flexibility index (Phi) is 6.77. The number of carbonyl (C=O) groups is 1. The molecule has 0 atom stereocenters. The molecule has 1 N–H and O–H groups in total. The first-order chi connectivity index (χ1) is 18.2. The van der Waals surface area contributed by atoms with Crippen molar-refractivity contribution in [1.29, 1.82) is 0 Å². The van der Waals surface area contributed by atoms with Crippen LogP contribution in [0.2, 0.25) is 0 Å². The molecule has 1 fully saturated rings. The highest BCUT2D eigenvalue weighted by Gasteiger charge is 2.25. The Morgan fingerprint density at radius 3 is 2.58 bits per heavy atom. The number of hydrogen-bond acceptors (Lipinski definition) is 9. The average Bonchev–Trinajstić information content (AvgIpc) is 2.89. The number of anilines is 3. The predicted octanol–water partition coefficient (Wildman–Crippen LogP) is 4.23. The summed E-state index contributed by atoms with van der Waals surface area (Å²) in [7, 11) is 3.38. The van der Waals surface area contributed by atoms with Gasteiger partial charge in [-0.1, -0.05) is 0 Å². The minimum Gasteiger partial charge on any atom is -0.496 e. The zero-order chi connectivity index (χ0) is 27.0. The maximum absolute atomic E-state index is 14.6. The lowest BCUT2D eigenvalue weighted by Crippen LogP contribution is -2.45. The van der Waals surface area contributed by atoms with Crippen LogP contribution in [0.4, 0.5) is 26.1 Å². The first kappa shape index (κ1) is 25.3. The molecule has 38 heavy (non-hydrogen) atoms. The monoisotopic (exact) mass is 521 g/mol. The van der Waals surface area contributed by atoms with Gasteiger partial charge in [-0.05, 0) is 38.2 Å². The van der Waals surface area contributed by atoms with Gasteiger partial charge in [0.15, 0.2) is 11.6 Å². The largest absolute Gasteiger partial charge is 0.496 e. The van der Waals surface area contributed by atoms with Crippen LogP contribution in [0.1, 0.15) is 17.3 Å². The molecule has 4 aromatic rings. The molecule has 11 heteroatoms. The van der Waals surface area contributed by atoms with Crippen LogP contribution in [0.15, 0.2) is 51.8 Å². The Morgan fingerprint density at radius 1 is 1.11 bits per heavy atom. The number of nitrogens with one attached hydrogen (secondary N) is 1. The van der Waals surface area contributed by atoms with Crippen molar-refractivity contribution in [3.05, 3.63) is 70.2 Å². The van der Waals surface area contributed by atoms with Crippen LogP contribution in [-0.4, -0.2) is 61.0 Å². The summed E-state index contributed by atoms with van der Waals surface area (Å²) in [6, 6.07) is 8.80. The van der Waals surface area contributed by atoms with Crippen molar-refractivity contribution in [2.24, 2.45) is 0 Å². The lowest BCUT2D eigenvalue weighted by Gasteiger charge is -2.35. The summed E-state index contributed by atoms with van der Waals surface area (Å²) in [5.41, 5.74) is 0.824. The van der Waals surface area contributed by atoms with E-state index in [0.29, 0.717) is 29.9 Å². The molecule has 2 aromatic carbocycles. The van der Waals surface area contributed by atoms with Crippen LogP contribution >= 0.6 is 0 Å². The third kappa shape index (κ3) is 4.80. The van der Waals surface area contributed by atoms with E-state index >= 15 is 0 Å². The van der Waals surface area contributed by atoms with E-state index in [1.165, 1.54) is 26.2 Å². The van der Waals surface area contributed by atoms with E-state index in [1.54, 1.807) is 18.2 Å². The third-order valence-electron chi connectivity index (χ3n) is 6.47. The number of piperazine rings is 1. The fourth-order valence-corrected chi connectivity index (χ4v) is 4.54. The Morgan fingerprint density at radius 2 is 1.87 bits per heavy atom. The number of Topliss-reactive ketones (excluding diaryl/α,β-unsaturated/α-hetero) is 1. The lowest BCUT2D eigenvalue weighted by atomic mass is 10.0. The van der Waals surface area contributed by atoms with Crippen molar-refractivity contribution < 1.29 is 22.7 Å². The van der Waals surface area contributed by atoms with Crippen molar-refractivity contribution in [2.45, 2.75) is 6.92 Å². The minimum absolute atomic E-state index is 0.0301. The highest BCUT2D eigenvalue weighted by molar-refractivity contribution is 6.07. The SMILES string of the molecule is COc1cc(F)ccc1-c1nc(Nc2ccc3c(N4CCN(C)CC4)c(C(C)=O)c(=O)oc3c2)ncc1F. The number of ether oxygens (including phenoxy) is 1. The van der Waals surface area contributed by atoms with E-state index in [2.05, 4.69) is 20.2 Å². The number of nitrogens with zero attached hydrogens (tertiary/aromatic N) is 4. The standard InChI is InChI=1S/C27H25F2N5O4/c1-15(35)23-25(34-10-8-33(2)9-11-34)19-7-5-17(13-22(19)38-26(23)36)31-27-30-14-20(29)24(32-27)18-6-4-16(28)12-21(18)37-3/h4-7,12-14H,8-11H2,1-3H3,(H,30,31,32). The lowest BCUT2D eigenvalue weighted by molar-refractivity contribution is 0.101. The fourth-order valence-electron chi connectivity index (χ4n) is 4.54. The van der Waals surface area contributed by atoms with Crippen molar-refractivity contribution in [1.82, 2.24) is 14.9 Å². The normalized spacial score (nSPS) is 14.1. The second-order valence-electron chi connectivity index (χ2n) is 9.03. The van der Waals surface area contributed by atoms with Gasteiger partial charge >= 0.3 is 5.63 Å². The van der Waals surface area contributed by atoms with Gasteiger partial charge in [0.1, 0.15) is 28.4 Å². The Balaban J connectivity index is 1.54. The third-order valence-corrected chi connectivity index (χ3v) is 6.47. The van der Waals surface area contributed by atoms with Crippen LogP contribution < -0.4 is 20.6 Å². The summed E-state index contributed by atoms with van der Waals surface area (Å²) in [5.74, 6) is -1.41. The molecule has 5 rings (SSSR count). The van der Waals surface area contributed by atoms with Gasteiger partial charge in [-0.2, -0.15) is 0 Å². The molecule has 1 saturated heterocycles. The zero-order valence-corrected chi connectivity index (χ0v) is 21.0. The molecule has 196 valence electrons. The number of likely N-dealkylation sites (N-methyl/N-ethyl adjacent to an activating group) is 1. The van der Waals surface area contributed by atoms with Gasteiger partial charge in [0.25, 0.3) is 0 Å². The molecule has 3 heterocycles.